The Bertz CT molecular complexity index is 910. The summed E-state index contributed by atoms with van der Waals surface area (Å²) in [4.78, 5) is 26.3. The average Bonchev–Trinajstić information content (AvgIpc) is 3.10. The number of nitrogens with zero attached hydrogens (tertiary/aromatic N) is 3. The number of fused-ring (bicyclic) bond motifs is 1. The van der Waals surface area contributed by atoms with E-state index in [1.807, 2.05) is 12.3 Å². The van der Waals surface area contributed by atoms with Crippen LogP contribution in [0.25, 0.3) is 10.3 Å². The fourth-order valence-electron chi connectivity index (χ4n) is 2.08. The first kappa shape index (κ1) is 17.1. The standard InChI is InChI=1S/C15H17N5OS3/c1-15(2,3)8-5-7(9(23-8)11(16)21)19-12-10-13(18-6-17-12)20-14(22-4)24-10/h5-6H,1-4H3,(H2,16,21)(H,17,18,19). The highest BCUT2D eigenvalue weighted by Gasteiger charge is 2.23. The summed E-state index contributed by atoms with van der Waals surface area (Å²) in [5.41, 5.74) is 6.81. The Balaban J connectivity index is 2.06. The summed E-state index contributed by atoms with van der Waals surface area (Å²) in [6.07, 6.45) is 3.44. The first-order valence-electron chi connectivity index (χ1n) is 7.16. The largest absolute Gasteiger partial charge is 0.365 e. The Morgan fingerprint density at radius 1 is 1.29 bits per heavy atom. The van der Waals surface area contributed by atoms with Gasteiger partial charge in [0.15, 0.2) is 15.8 Å². The molecule has 24 heavy (non-hydrogen) atoms. The van der Waals surface area contributed by atoms with Gasteiger partial charge < -0.3 is 11.1 Å². The number of anilines is 2. The fraction of sp³-hybridized carbons (Fsp3) is 0.333. The van der Waals surface area contributed by atoms with E-state index in [1.165, 1.54) is 29.0 Å². The number of hydrogen-bond acceptors (Lipinski definition) is 8. The number of carbonyl (C=O) groups excluding carboxylic acids is 1. The third kappa shape index (κ3) is 3.24. The van der Waals surface area contributed by atoms with Crippen molar-refractivity contribution in [3.8, 4) is 0 Å². The minimum atomic E-state index is -0.447. The second-order valence-electron chi connectivity index (χ2n) is 6.15. The second kappa shape index (κ2) is 6.30. The van der Waals surface area contributed by atoms with Crippen molar-refractivity contribution in [3.05, 3.63) is 22.1 Å². The topological polar surface area (TPSA) is 93.8 Å². The Morgan fingerprint density at radius 3 is 2.67 bits per heavy atom. The van der Waals surface area contributed by atoms with Gasteiger partial charge in [0.1, 0.15) is 15.9 Å². The number of rotatable bonds is 4. The highest BCUT2D eigenvalue weighted by molar-refractivity contribution is 8.00. The maximum absolute atomic E-state index is 11.8. The van der Waals surface area contributed by atoms with E-state index in [0.29, 0.717) is 22.0 Å². The molecule has 0 aliphatic carbocycles. The summed E-state index contributed by atoms with van der Waals surface area (Å²) in [7, 11) is 0. The van der Waals surface area contributed by atoms with Crippen LogP contribution in [0.1, 0.15) is 35.3 Å². The molecule has 0 unspecified atom stereocenters. The lowest BCUT2D eigenvalue weighted by Gasteiger charge is -2.15. The van der Waals surface area contributed by atoms with Crippen LogP contribution in [0.15, 0.2) is 16.7 Å². The molecule has 3 rings (SSSR count). The zero-order valence-corrected chi connectivity index (χ0v) is 16.2. The Labute approximate surface area is 151 Å². The van der Waals surface area contributed by atoms with Gasteiger partial charge in [-0.1, -0.05) is 32.5 Å². The van der Waals surface area contributed by atoms with E-state index in [9.17, 15) is 4.79 Å². The minimum absolute atomic E-state index is 0.0632. The first-order chi connectivity index (χ1) is 11.3. The SMILES string of the molecule is CSc1nc2ncnc(Nc3cc(C(C)(C)C)sc3C(N)=O)c2s1. The molecule has 0 bridgehead atoms. The number of carbonyl (C=O) groups is 1. The number of thioether (sulfide) groups is 1. The Kier molecular flexibility index (Phi) is 4.50. The molecule has 0 aromatic carbocycles. The molecule has 6 nitrogen and oxygen atoms in total. The molecule has 3 aromatic rings. The number of hydrogen-bond donors (Lipinski definition) is 2. The highest BCUT2D eigenvalue weighted by atomic mass is 32.2. The van der Waals surface area contributed by atoms with E-state index in [1.54, 1.807) is 11.8 Å². The maximum atomic E-state index is 11.8. The molecule has 1 amide bonds. The van der Waals surface area contributed by atoms with Crippen molar-refractivity contribution in [1.29, 1.82) is 0 Å². The van der Waals surface area contributed by atoms with E-state index in [2.05, 4.69) is 41.0 Å². The van der Waals surface area contributed by atoms with Gasteiger partial charge >= 0.3 is 0 Å². The summed E-state index contributed by atoms with van der Waals surface area (Å²) in [5, 5.41) is 3.25. The zero-order chi connectivity index (χ0) is 17.5. The Morgan fingerprint density at radius 2 is 2.04 bits per heavy atom. The summed E-state index contributed by atoms with van der Waals surface area (Å²) >= 11 is 4.50. The van der Waals surface area contributed by atoms with Crippen LogP contribution in [-0.4, -0.2) is 27.1 Å². The third-order valence-electron chi connectivity index (χ3n) is 3.29. The number of thiazole rings is 1. The molecule has 0 saturated heterocycles. The van der Waals surface area contributed by atoms with E-state index >= 15 is 0 Å². The van der Waals surface area contributed by atoms with Gasteiger partial charge in [-0.15, -0.1) is 22.7 Å². The lowest BCUT2D eigenvalue weighted by molar-refractivity contribution is 0.100. The van der Waals surface area contributed by atoms with Gasteiger partial charge in [0, 0.05) is 4.88 Å². The molecule has 0 spiro atoms. The molecule has 3 aromatic heterocycles. The first-order valence-corrected chi connectivity index (χ1v) is 10.0. The predicted octanol–water partition coefficient (Wildman–Crippen LogP) is 4.01. The van der Waals surface area contributed by atoms with Gasteiger partial charge in [-0.05, 0) is 17.7 Å². The second-order valence-corrected chi connectivity index (χ2v) is 9.26. The van der Waals surface area contributed by atoms with Gasteiger partial charge in [0.2, 0.25) is 0 Å². The highest BCUT2D eigenvalue weighted by Crippen LogP contribution is 2.38. The quantitative estimate of drug-likeness (QED) is 0.665. The number of aromatic nitrogens is 3. The third-order valence-corrected chi connectivity index (χ3v) is 6.91. The number of nitrogens with one attached hydrogen (secondary N) is 1. The number of amides is 1. The molecule has 0 saturated carbocycles. The number of nitrogens with two attached hydrogens (primary N) is 1. The normalized spacial score (nSPS) is 11.8. The molecule has 0 fully saturated rings. The van der Waals surface area contributed by atoms with Crippen LogP contribution < -0.4 is 11.1 Å². The molecule has 0 aliphatic rings. The molecule has 3 heterocycles. The van der Waals surface area contributed by atoms with E-state index in [-0.39, 0.29) is 5.41 Å². The lowest BCUT2D eigenvalue weighted by Crippen LogP contribution is -2.11. The van der Waals surface area contributed by atoms with Crippen molar-refractivity contribution in [2.24, 2.45) is 5.73 Å². The fourth-order valence-corrected chi connectivity index (χ4v) is 4.56. The van der Waals surface area contributed by atoms with E-state index in [4.69, 9.17) is 5.73 Å². The van der Waals surface area contributed by atoms with Crippen LogP contribution in [-0.2, 0) is 5.41 Å². The average molecular weight is 380 g/mol. The summed E-state index contributed by atoms with van der Waals surface area (Å²) in [6, 6.07) is 1.97. The van der Waals surface area contributed by atoms with Crippen LogP contribution in [0.4, 0.5) is 11.5 Å². The molecule has 0 atom stereocenters. The van der Waals surface area contributed by atoms with Crippen molar-refractivity contribution in [3.63, 3.8) is 0 Å². The van der Waals surface area contributed by atoms with Gasteiger partial charge in [0.05, 0.1) is 5.69 Å². The summed E-state index contributed by atoms with van der Waals surface area (Å²) in [5.74, 6) is 0.191. The molecule has 3 N–H and O–H groups in total. The van der Waals surface area contributed by atoms with E-state index in [0.717, 1.165) is 13.9 Å². The number of primary amides is 1. The number of thiophene rings is 1. The van der Waals surface area contributed by atoms with Crippen molar-refractivity contribution < 1.29 is 4.79 Å². The van der Waals surface area contributed by atoms with Crippen LogP contribution >= 0.6 is 34.4 Å². The predicted molar refractivity (Wildman–Crippen MR) is 102 cm³/mol. The van der Waals surface area contributed by atoms with Crippen molar-refractivity contribution in [2.45, 2.75) is 30.5 Å². The minimum Gasteiger partial charge on any atom is -0.365 e. The van der Waals surface area contributed by atoms with Gasteiger partial charge in [-0.2, -0.15) is 0 Å². The van der Waals surface area contributed by atoms with Gasteiger partial charge in [-0.3, -0.25) is 4.79 Å². The maximum Gasteiger partial charge on any atom is 0.260 e. The van der Waals surface area contributed by atoms with E-state index < -0.39 is 5.91 Å². The summed E-state index contributed by atoms with van der Waals surface area (Å²) in [6.45, 7) is 6.30. The molecular weight excluding hydrogens is 362 g/mol. The van der Waals surface area contributed by atoms with Gasteiger partial charge in [-0.25, -0.2) is 15.0 Å². The molecule has 0 radical (unpaired) electrons. The molecule has 0 aliphatic heterocycles. The summed E-state index contributed by atoms with van der Waals surface area (Å²) < 4.78 is 1.78. The lowest BCUT2D eigenvalue weighted by atomic mass is 9.94. The van der Waals surface area contributed by atoms with Crippen molar-refractivity contribution >= 4 is 62.2 Å². The smallest absolute Gasteiger partial charge is 0.260 e. The van der Waals surface area contributed by atoms with Crippen molar-refractivity contribution in [2.75, 3.05) is 11.6 Å². The Hall–Kier alpha value is -1.71. The van der Waals surface area contributed by atoms with Crippen molar-refractivity contribution in [1.82, 2.24) is 15.0 Å². The molecule has 9 heteroatoms. The zero-order valence-electron chi connectivity index (χ0n) is 13.7. The van der Waals surface area contributed by atoms with Crippen LogP contribution in [0.3, 0.4) is 0 Å². The molecule has 126 valence electrons. The van der Waals surface area contributed by atoms with Crippen LogP contribution in [0.5, 0.6) is 0 Å². The monoisotopic (exact) mass is 379 g/mol. The van der Waals surface area contributed by atoms with Crippen LogP contribution in [0.2, 0.25) is 0 Å². The molecular formula is C15H17N5OS3. The van der Waals surface area contributed by atoms with Crippen LogP contribution in [0, 0.1) is 0 Å². The van der Waals surface area contributed by atoms with Gasteiger partial charge in [0.25, 0.3) is 5.91 Å².